The number of guanidine groups is 1. The highest BCUT2D eigenvalue weighted by Gasteiger charge is 2.41. The van der Waals surface area contributed by atoms with Gasteiger partial charge in [0.25, 0.3) is 0 Å². The molecule has 7 nitrogen and oxygen atoms in total. The van der Waals surface area contributed by atoms with Crippen molar-refractivity contribution >= 4 is 41.0 Å². The topological polar surface area (TPSA) is 68.8 Å². The first-order chi connectivity index (χ1) is 15.8. The summed E-state index contributed by atoms with van der Waals surface area (Å²) in [5.41, 5.74) is 3.45. The molecule has 2 N–H and O–H groups in total. The number of ether oxygens (including phenoxy) is 1. The Hall–Kier alpha value is -2.17. The first-order valence-corrected chi connectivity index (χ1v) is 11.7. The maximum atomic E-state index is 6.15. The first kappa shape index (κ1) is 24.0. The molecule has 0 radical (unpaired) electrons. The number of aliphatic imine (C=N–C) groups is 1. The number of H-pyrrole nitrogens is 1. The van der Waals surface area contributed by atoms with E-state index in [0.717, 1.165) is 68.6 Å². The number of imidazole rings is 1. The number of likely N-dealkylation sites (tertiary alicyclic amines) is 1. The highest BCUT2D eigenvalue weighted by Crippen LogP contribution is 2.24. The molecule has 5 rings (SSSR count). The van der Waals surface area contributed by atoms with Crippen molar-refractivity contribution < 1.29 is 4.74 Å². The Morgan fingerprint density at radius 2 is 1.97 bits per heavy atom. The van der Waals surface area contributed by atoms with Gasteiger partial charge in [0.05, 0.1) is 29.8 Å². The lowest BCUT2D eigenvalue weighted by Gasteiger charge is -2.36. The van der Waals surface area contributed by atoms with E-state index in [2.05, 4.69) is 68.4 Å². The number of halogens is 1. The average Bonchev–Trinajstić information content (AvgIpc) is 3.44. The van der Waals surface area contributed by atoms with Crippen LogP contribution in [0.1, 0.15) is 18.3 Å². The van der Waals surface area contributed by atoms with E-state index in [0.29, 0.717) is 12.6 Å². The molecule has 0 spiro atoms. The molecule has 0 amide bonds. The summed E-state index contributed by atoms with van der Waals surface area (Å²) in [5, 5.41) is 3.48. The third-order valence-electron chi connectivity index (χ3n) is 6.33. The van der Waals surface area contributed by atoms with Gasteiger partial charge in [-0.15, -0.1) is 24.0 Å². The van der Waals surface area contributed by atoms with Gasteiger partial charge >= 0.3 is 0 Å². The van der Waals surface area contributed by atoms with Crippen molar-refractivity contribution in [2.75, 3.05) is 39.3 Å². The molecular formula is C25H33IN6O. The van der Waals surface area contributed by atoms with Crippen LogP contribution in [0.25, 0.3) is 11.0 Å². The second-order valence-corrected chi connectivity index (χ2v) is 8.52. The van der Waals surface area contributed by atoms with Gasteiger partial charge in [0.1, 0.15) is 5.82 Å². The van der Waals surface area contributed by atoms with Crippen LogP contribution < -0.4 is 5.32 Å². The van der Waals surface area contributed by atoms with Crippen molar-refractivity contribution in [2.45, 2.75) is 32.0 Å². The van der Waals surface area contributed by atoms with Gasteiger partial charge in [-0.25, -0.2) is 4.98 Å². The average molecular weight is 560 g/mol. The number of nitrogens with one attached hydrogen (secondary N) is 2. The van der Waals surface area contributed by atoms with Crippen LogP contribution in [-0.2, 0) is 17.7 Å². The summed E-state index contributed by atoms with van der Waals surface area (Å²) in [6.45, 7) is 8.23. The first-order valence-electron chi connectivity index (χ1n) is 11.7. The minimum atomic E-state index is 0. The second-order valence-electron chi connectivity index (χ2n) is 8.52. The standard InChI is InChI=1S/C25H32N6O.HI/c1-2-26-25(27-13-12-24-28-20-10-6-7-11-21(20)29-24)31-17-22-23(18-31)32-15-14-30(22)16-19-8-4-3-5-9-19;/h3-11,22-23H,2,12-18H2,1H3,(H,26,27)(H,28,29);1H. The Morgan fingerprint density at radius 3 is 2.79 bits per heavy atom. The van der Waals surface area contributed by atoms with Gasteiger partial charge in [-0.1, -0.05) is 42.5 Å². The van der Waals surface area contributed by atoms with Gasteiger partial charge in [-0.05, 0) is 24.6 Å². The molecule has 2 fully saturated rings. The van der Waals surface area contributed by atoms with Gasteiger partial charge < -0.3 is 19.9 Å². The molecule has 3 aromatic rings. The molecule has 0 saturated carbocycles. The minimum absolute atomic E-state index is 0. The molecular weight excluding hydrogens is 527 g/mol. The van der Waals surface area contributed by atoms with E-state index in [9.17, 15) is 0 Å². The van der Waals surface area contributed by atoms with Gasteiger partial charge in [0, 0.05) is 45.7 Å². The minimum Gasteiger partial charge on any atom is -0.373 e. The summed E-state index contributed by atoms with van der Waals surface area (Å²) in [5.74, 6) is 1.96. The molecule has 176 valence electrons. The summed E-state index contributed by atoms with van der Waals surface area (Å²) >= 11 is 0. The summed E-state index contributed by atoms with van der Waals surface area (Å²) in [6, 6.07) is 19.3. The van der Waals surface area contributed by atoms with E-state index in [1.165, 1.54) is 5.56 Å². The Kier molecular flexibility index (Phi) is 8.21. The number of hydrogen-bond acceptors (Lipinski definition) is 4. The van der Waals surface area contributed by atoms with Gasteiger partial charge in [-0.2, -0.15) is 0 Å². The number of fused-ring (bicyclic) bond motifs is 2. The number of nitrogens with zero attached hydrogens (tertiary/aromatic N) is 4. The molecule has 33 heavy (non-hydrogen) atoms. The van der Waals surface area contributed by atoms with Crippen molar-refractivity contribution in [1.82, 2.24) is 25.1 Å². The molecule has 8 heteroatoms. The highest BCUT2D eigenvalue weighted by molar-refractivity contribution is 14.0. The number of benzene rings is 2. The Balaban J connectivity index is 0.00000259. The van der Waals surface area contributed by atoms with Crippen LogP contribution in [0, 0.1) is 0 Å². The maximum Gasteiger partial charge on any atom is 0.194 e. The van der Waals surface area contributed by atoms with E-state index in [1.54, 1.807) is 0 Å². The molecule has 2 saturated heterocycles. The lowest BCUT2D eigenvalue weighted by molar-refractivity contribution is -0.0502. The number of hydrogen-bond donors (Lipinski definition) is 2. The van der Waals surface area contributed by atoms with Crippen molar-refractivity contribution in [3.63, 3.8) is 0 Å². The van der Waals surface area contributed by atoms with Crippen molar-refractivity contribution in [2.24, 2.45) is 4.99 Å². The largest absolute Gasteiger partial charge is 0.373 e. The molecule has 2 unspecified atom stereocenters. The Labute approximate surface area is 212 Å². The monoisotopic (exact) mass is 560 g/mol. The van der Waals surface area contributed by atoms with Crippen LogP contribution in [-0.4, -0.2) is 77.2 Å². The lowest BCUT2D eigenvalue weighted by atomic mass is 10.1. The third kappa shape index (κ3) is 5.67. The van der Waals surface area contributed by atoms with Crippen LogP contribution in [0.5, 0.6) is 0 Å². The van der Waals surface area contributed by atoms with E-state index < -0.39 is 0 Å². The highest BCUT2D eigenvalue weighted by atomic mass is 127. The van der Waals surface area contributed by atoms with Crippen molar-refractivity contribution in [3.05, 3.63) is 66.0 Å². The van der Waals surface area contributed by atoms with Crippen molar-refractivity contribution in [1.29, 1.82) is 0 Å². The third-order valence-corrected chi connectivity index (χ3v) is 6.33. The van der Waals surface area contributed by atoms with Crippen LogP contribution in [0.3, 0.4) is 0 Å². The summed E-state index contributed by atoms with van der Waals surface area (Å²) in [7, 11) is 0. The summed E-state index contributed by atoms with van der Waals surface area (Å²) in [6.07, 6.45) is 1.02. The van der Waals surface area contributed by atoms with Crippen molar-refractivity contribution in [3.8, 4) is 0 Å². The van der Waals surface area contributed by atoms with Crippen LogP contribution in [0.4, 0.5) is 0 Å². The molecule has 0 bridgehead atoms. The molecule has 2 aromatic carbocycles. The maximum absolute atomic E-state index is 6.15. The van der Waals surface area contributed by atoms with Gasteiger partial charge in [-0.3, -0.25) is 9.89 Å². The van der Waals surface area contributed by atoms with E-state index in [-0.39, 0.29) is 30.1 Å². The van der Waals surface area contributed by atoms with Gasteiger partial charge in [0.2, 0.25) is 0 Å². The lowest BCUT2D eigenvalue weighted by Crippen LogP contribution is -2.50. The fourth-order valence-electron chi connectivity index (χ4n) is 4.76. The second kappa shape index (κ2) is 11.3. The SMILES string of the molecule is CCNC(=NCCc1nc2ccccc2[nH]1)N1CC2OCCN(Cc3ccccc3)C2C1.I. The number of rotatable bonds is 6. The Morgan fingerprint density at radius 1 is 1.15 bits per heavy atom. The van der Waals surface area contributed by atoms with Gasteiger partial charge in [0.15, 0.2) is 5.96 Å². The fourth-order valence-corrected chi connectivity index (χ4v) is 4.76. The normalized spacial score (nSPS) is 21.1. The Bertz CT molecular complexity index is 1020. The van der Waals surface area contributed by atoms with E-state index >= 15 is 0 Å². The zero-order valence-electron chi connectivity index (χ0n) is 19.1. The van der Waals surface area contributed by atoms with Crippen LogP contribution >= 0.6 is 24.0 Å². The zero-order chi connectivity index (χ0) is 21.8. The number of morpholine rings is 1. The van der Waals surface area contributed by atoms with E-state index in [4.69, 9.17) is 9.73 Å². The number of para-hydroxylation sites is 2. The number of aromatic amines is 1. The fraction of sp³-hybridized carbons (Fsp3) is 0.440. The smallest absolute Gasteiger partial charge is 0.194 e. The summed E-state index contributed by atoms with van der Waals surface area (Å²) < 4.78 is 6.15. The molecule has 2 aliphatic rings. The molecule has 0 aliphatic carbocycles. The summed E-state index contributed by atoms with van der Waals surface area (Å²) in [4.78, 5) is 17.9. The van der Waals surface area contributed by atoms with Crippen LogP contribution in [0.2, 0.25) is 0 Å². The number of aromatic nitrogens is 2. The molecule has 2 aliphatic heterocycles. The predicted octanol–water partition coefficient (Wildman–Crippen LogP) is 3.27. The molecule has 1 aromatic heterocycles. The van der Waals surface area contributed by atoms with E-state index in [1.807, 2.05) is 18.2 Å². The predicted molar refractivity (Wildman–Crippen MR) is 143 cm³/mol. The zero-order valence-corrected chi connectivity index (χ0v) is 21.4. The van der Waals surface area contributed by atoms with Crippen LogP contribution in [0.15, 0.2) is 59.6 Å². The quantitative estimate of drug-likeness (QED) is 0.275. The molecule has 2 atom stereocenters. The molecule has 3 heterocycles.